The molecule has 0 bridgehead atoms. The number of rotatable bonds is 12. The molecule has 0 spiro atoms. The van der Waals surface area contributed by atoms with Crippen molar-refractivity contribution >= 4 is 0 Å². The van der Waals surface area contributed by atoms with Crippen molar-refractivity contribution in [3.05, 3.63) is 0 Å². The van der Waals surface area contributed by atoms with E-state index < -0.39 is 11.2 Å². The standard InChI is InChI=1S/C14H30O5/c1-6-16-7-8-17-9-10-18-11-12-19-14(4,5)13(2,3)15/h15H,6-12H2,1-5H3. The highest BCUT2D eigenvalue weighted by molar-refractivity contribution is 4.87. The lowest BCUT2D eigenvalue weighted by atomic mass is 9.89. The van der Waals surface area contributed by atoms with Crippen LogP contribution in [0.2, 0.25) is 0 Å². The van der Waals surface area contributed by atoms with Crippen molar-refractivity contribution in [2.24, 2.45) is 0 Å². The van der Waals surface area contributed by atoms with Crippen molar-refractivity contribution in [2.45, 2.75) is 45.8 Å². The van der Waals surface area contributed by atoms with Gasteiger partial charge in [-0.25, -0.2) is 0 Å². The van der Waals surface area contributed by atoms with Crippen molar-refractivity contribution in [1.29, 1.82) is 0 Å². The predicted molar refractivity (Wildman–Crippen MR) is 74.5 cm³/mol. The summed E-state index contributed by atoms with van der Waals surface area (Å²) in [6.45, 7) is 13.1. The van der Waals surface area contributed by atoms with Gasteiger partial charge in [0.25, 0.3) is 0 Å². The van der Waals surface area contributed by atoms with Gasteiger partial charge in [0, 0.05) is 6.61 Å². The Morgan fingerprint density at radius 2 is 1.16 bits per heavy atom. The first-order valence-electron chi connectivity index (χ1n) is 6.91. The monoisotopic (exact) mass is 278 g/mol. The molecule has 5 heteroatoms. The van der Waals surface area contributed by atoms with Gasteiger partial charge in [0.2, 0.25) is 0 Å². The van der Waals surface area contributed by atoms with Gasteiger partial charge in [-0.15, -0.1) is 0 Å². The predicted octanol–water partition coefficient (Wildman–Crippen LogP) is 1.62. The van der Waals surface area contributed by atoms with E-state index in [4.69, 9.17) is 18.9 Å². The third-order valence-corrected chi connectivity index (χ3v) is 3.11. The molecule has 0 atom stereocenters. The molecule has 0 aromatic rings. The molecule has 0 amide bonds. The average Bonchev–Trinajstić information content (AvgIpc) is 2.30. The molecule has 0 aliphatic carbocycles. The molecule has 0 unspecified atom stereocenters. The lowest BCUT2D eigenvalue weighted by molar-refractivity contribution is -0.155. The highest BCUT2D eigenvalue weighted by Gasteiger charge is 2.35. The van der Waals surface area contributed by atoms with Gasteiger partial charge in [-0.3, -0.25) is 0 Å². The fourth-order valence-corrected chi connectivity index (χ4v) is 1.12. The summed E-state index contributed by atoms with van der Waals surface area (Å²) >= 11 is 0. The Labute approximate surface area is 117 Å². The summed E-state index contributed by atoms with van der Waals surface area (Å²) in [4.78, 5) is 0. The second-order valence-electron chi connectivity index (χ2n) is 5.34. The van der Waals surface area contributed by atoms with Crippen LogP contribution in [-0.2, 0) is 18.9 Å². The highest BCUT2D eigenvalue weighted by atomic mass is 16.6. The summed E-state index contributed by atoms with van der Waals surface area (Å²) < 4.78 is 21.4. The molecule has 19 heavy (non-hydrogen) atoms. The van der Waals surface area contributed by atoms with Gasteiger partial charge in [0.1, 0.15) is 0 Å². The van der Waals surface area contributed by atoms with Crippen LogP contribution in [0.1, 0.15) is 34.6 Å². The van der Waals surface area contributed by atoms with E-state index in [1.54, 1.807) is 13.8 Å². The van der Waals surface area contributed by atoms with Gasteiger partial charge in [-0.1, -0.05) is 0 Å². The molecule has 0 aromatic carbocycles. The summed E-state index contributed by atoms with van der Waals surface area (Å²) in [6.07, 6.45) is 0. The van der Waals surface area contributed by atoms with Crippen LogP contribution in [0.4, 0.5) is 0 Å². The summed E-state index contributed by atoms with van der Waals surface area (Å²) in [7, 11) is 0. The summed E-state index contributed by atoms with van der Waals surface area (Å²) in [5.74, 6) is 0. The zero-order valence-electron chi connectivity index (χ0n) is 13.0. The molecule has 0 fully saturated rings. The lowest BCUT2D eigenvalue weighted by Gasteiger charge is -2.37. The molecule has 0 aliphatic rings. The molecule has 0 radical (unpaired) electrons. The first-order valence-corrected chi connectivity index (χ1v) is 6.91. The zero-order chi connectivity index (χ0) is 14.8. The Balaban J connectivity index is 3.37. The van der Waals surface area contributed by atoms with E-state index in [1.807, 2.05) is 20.8 Å². The Bertz CT molecular complexity index is 210. The quantitative estimate of drug-likeness (QED) is 0.550. The highest BCUT2D eigenvalue weighted by Crippen LogP contribution is 2.24. The van der Waals surface area contributed by atoms with E-state index in [9.17, 15) is 5.11 Å². The number of ether oxygens (including phenoxy) is 4. The first-order chi connectivity index (χ1) is 8.81. The maximum absolute atomic E-state index is 9.89. The van der Waals surface area contributed by atoms with Gasteiger partial charge in [-0.05, 0) is 34.6 Å². The average molecular weight is 278 g/mol. The molecule has 0 heterocycles. The molecule has 0 saturated heterocycles. The molecule has 116 valence electrons. The molecule has 1 N–H and O–H groups in total. The number of aliphatic hydroxyl groups is 1. The zero-order valence-corrected chi connectivity index (χ0v) is 13.0. The molecular weight excluding hydrogens is 248 g/mol. The molecule has 0 saturated carbocycles. The Morgan fingerprint density at radius 1 is 0.737 bits per heavy atom. The second-order valence-corrected chi connectivity index (χ2v) is 5.34. The van der Waals surface area contributed by atoms with Crippen LogP contribution in [0.5, 0.6) is 0 Å². The van der Waals surface area contributed by atoms with Crippen molar-refractivity contribution in [2.75, 3.05) is 46.2 Å². The molecule has 0 rings (SSSR count). The minimum Gasteiger partial charge on any atom is -0.387 e. The Kier molecular flexibility index (Phi) is 9.56. The fraction of sp³-hybridized carbons (Fsp3) is 1.00. The van der Waals surface area contributed by atoms with Crippen molar-refractivity contribution < 1.29 is 24.1 Å². The van der Waals surface area contributed by atoms with Crippen molar-refractivity contribution in [3.8, 4) is 0 Å². The van der Waals surface area contributed by atoms with Gasteiger partial charge >= 0.3 is 0 Å². The molecule has 0 aliphatic heterocycles. The molecular formula is C14H30O5. The lowest BCUT2D eigenvalue weighted by Crippen LogP contribution is -2.47. The molecule has 0 aromatic heterocycles. The van der Waals surface area contributed by atoms with Crippen molar-refractivity contribution in [1.82, 2.24) is 0 Å². The number of hydrogen-bond acceptors (Lipinski definition) is 5. The first kappa shape index (κ1) is 18.8. The SMILES string of the molecule is CCOCCOCCOCCOC(C)(C)C(C)(C)O. The van der Waals surface area contributed by atoms with E-state index in [-0.39, 0.29) is 0 Å². The number of hydrogen-bond donors (Lipinski definition) is 1. The van der Waals surface area contributed by atoms with E-state index in [0.717, 1.165) is 0 Å². The van der Waals surface area contributed by atoms with E-state index >= 15 is 0 Å². The van der Waals surface area contributed by atoms with E-state index in [0.29, 0.717) is 46.2 Å². The van der Waals surface area contributed by atoms with Crippen LogP contribution in [0, 0.1) is 0 Å². The van der Waals surface area contributed by atoms with E-state index in [2.05, 4.69) is 0 Å². The van der Waals surface area contributed by atoms with Crippen LogP contribution < -0.4 is 0 Å². The van der Waals surface area contributed by atoms with E-state index in [1.165, 1.54) is 0 Å². The third kappa shape index (κ3) is 9.35. The summed E-state index contributed by atoms with van der Waals surface area (Å²) in [6, 6.07) is 0. The summed E-state index contributed by atoms with van der Waals surface area (Å²) in [5, 5.41) is 9.89. The molecule has 5 nitrogen and oxygen atoms in total. The summed E-state index contributed by atoms with van der Waals surface area (Å²) in [5.41, 5.74) is -1.47. The largest absolute Gasteiger partial charge is 0.387 e. The topological polar surface area (TPSA) is 57.2 Å². The van der Waals surface area contributed by atoms with Gasteiger partial charge < -0.3 is 24.1 Å². The van der Waals surface area contributed by atoms with Gasteiger partial charge in [0.05, 0.1) is 50.8 Å². The third-order valence-electron chi connectivity index (χ3n) is 3.11. The van der Waals surface area contributed by atoms with Crippen LogP contribution in [0.25, 0.3) is 0 Å². The fourth-order valence-electron chi connectivity index (χ4n) is 1.12. The van der Waals surface area contributed by atoms with Gasteiger partial charge in [0.15, 0.2) is 0 Å². The van der Waals surface area contributed by atoms with Crippen LogP contribution in [0.15, 0.2) is 0 Å². The Hall–Kier alpha value is -0.200. The van der Waals surface area contributed by atoms with Crippen molar-refractivity contribution in [3.63, 3.8) is 0 Å². The smallest absolute Gasteiger partial charge is 0.0907 e. The normalized spacial score (nSPS) is 12.9. The van der Waals surface area contributed by atoms with Crippen LogP contribution >= 0.6 is 0 Å². The van der Waals surface area contributed by atoms with Crippen LogP contribution in [0.3, 0.4) is 0 Å². The Morgan fingerprint density at radius 3 is 1.58 bits per heavy atom. The maximum Gasteiger partial charge on any atom is 0.0907 e. The minimum atomic E-state index is -0.880. The van der Waals surface area contributed by atoms with Crippen LogP contribution in [-0.4, -0.2) is 62.6 Å². The van der Waals surface area contributed by atoms with Gasteiger partial charge in [-0.2, -0.15) is 0 Å². The second kappa shape index (κ2) is 9.66. The minimum absolute atomic E-state index is 0.454. The maximum atomic E-state index is 9.89.